The lowest BCUT2D eigenvalue weighted by Gasteiger charge is -2.50. The first-order chi connectivity index (χ1) is 12.1. The lowest BCUT2D eigenvalue weighted by atomic mass is 9.83. The average Bonchev–Trinajstić information content (AvgIpc) is 2.68. The van der Waals surface area contributed by atoms with Crippen LogP contribution < -0.4 is 0 Å². The second-order valence-electron chi connectivity index (χ2n) is 7.99. The van der Waals surface area contributed by atoms with E-state index in [0.717, 1.165) is 37.9 Å². The molecule has 6 nitrogen and oxygen atoms in total. The van der Waals surface area contributed by atoms with E-state index in [1.165, 1.54) is 32.5 Å². The van der Waals surface area contributed by atoms with Crippen molar-refractivity contribution in [2.75, 3.05) is 45.8 Å². The molecular formula is C19H29N5O. The molecule has 2 bridgehead atoms. The van der Waals surface area contributed by atoms with Crippen LogP contribution in [0.1, 0.15) is 48.9 Å². The van der Waals surface area contributed by atoms with Crippen molar-refractivity contribution >= 4 is 5.91 Å². The molecule has 4 aliphatic rings. The minimum Gasteiger partial charge on any atom is -0.335 e. The van der Waals surface area contributed by atoms with Gasteiger partial charge in [0.2, 0.25) is 0 Å². The van der Waals surface area contributed by atoms with Gasteiger partial charge in [0.1, 0.15) is 11.5 Å². The molecule has 1 amide bonds. The maximum atomic E-state index is 12.8. The highest BCUT2D eigenvalue weighted by Crippen LogP contribution is 2.31. The van der Waals surface area contributed by atoms with E-state index in [9.17, 15) is 4.79 Å². The van der Waals surface area contributed by atoms with Crippen molar-refractivity contribution in [1.82, 2.24) is 24.7 Å². The highest BCUT2D eigenvalue weighted by molar-refractivity contribution is 5.92. The van der Waals surface area contributed by atoms with Crippen LogP contribution in [0.25, 0.3) is 0 Å². The van der Waals surface area contributed by atoms with Crippen LogP contribution in [0.15, 0.2) is 12.3 Å². The minimum atomic E-state index is 0.0536. The summed E-state index contributed by atoms with van der Waals surface area (Å²) in [5.74, 6) is 1.90. The number of hydrogen-bond donors (Lipinski definition) is 0. The number of piperidine rings is 3. The van der Waals surface area contributed by atoms with Gasteiger partial charge in [0.25, 0.3) is 5.91 Å². The number of carbonyl (C=O) groups excluding carboxylic acids is 1. The largest absolute Gasteiger partial charge is 0.335 e. The second-order valence-corrected chi connectivity index (χ2v) is 7.99. The third kappa shape index (κ3) is 3.42. The summed E-state index contributed by atoms with van der Waals surface area (Å²) in [5, 5.41) is 0. The zero-order valence-corrected chi connectivity index (χ0v) is 15.4. The van der Waals surface area contributed by atoms with Gasteiger partial charge in [0.15, 0.2) is 0 Å². The van der Waals surface area contributed by atoms with Crippen LogP contribution >= 0.6 is 0 Å². The van der Waals surface area contributed by atoms with Gasteiger partial charge in [-0.2, -0.15) is 0 Å². The smallest absolute Gasteiger partial charge is 0.272 e. The number of nitrogens with zero attached hydrogens (tertiary/aromatic N) is 5. The Labute approximate surface area is 150 Å². The molecule has 5 rings (SSSR count). The molecule has 25 heavy (non-hydrogen) atoms. The summed E-state index contributed by atoms with van der Waals surface area (Å²) >= 11 is 0. The molecule has 0 aliphatic carbocycles. The lowest BCUT2D eigenvalue weighted by molar-refractivity contribution is -0.0131. The van der Waals surface area contributed by atoms with Gasteiger partial charge in [0, 0.05) is 50.9 Å². The molecule has 1 aromatic rings. The van der Waals surface area contributed by atoms with Crippen LogP contribution in [0.3, 0.4) is 0 Å². The van der Waals surface area contributed by atoms with E-state index in [-0.39, 0.29) is 11.8 Å². The molecule has 136 valence electrons. The first-order valence-electron chi connectivity index (χ1n) is 9.70. The minimum absolute atomic E-state index is 0.0536. The van der Waals surface area contributed by atoms with Gasteiger partial charge in [-0.1, -0.05) is 13.8 Å². The molecule has 0 aromatic carbocycles. The van der Waals surface area contributed by atoms with Gasteiger partial charge in [-0.25, -0.2) is 9.97 Å². The average molecular weight is 343 g/mol. The van der Waals surface area contributed by atoms with Gasteiger partial charge in [-0.15, -0.1) is 0 Å². The van der Waals surface area contributed by atoms with Crippen molar-refractivity contribution in [2.45, 2.75) is 38.6 Å². The monoisotopic (exact) mass is 343 g/mol. The van der Waals surface area contributed by atoms with Crippen molar-refractivity contribution in [3.8, 4) is 0 Å². The molecular weight excluding hydrogens is 314 g/mol. The topological polar surface area (TPSA) is 52.6 Å². The normalized spacial score (nSPS) is 30.0. The fraction of sp³-hybridized carbons (Fsp3) is 0.737. The third-order valence-electron chi connectivity index (χ3n) is 6.10. The number of hydrogen-bond acceptors (Lipinski definition) is 5. The summed E-state index contributed by atoms with van der Waals surface area (Å²) in [7, 11) is 0. The van der Waals surface area contributed by atoms with Crippen molar-refractivity contribution in [3.63, 3.8) is 0 Å². The fourth-order valence-electron chi connectivity index (χ4n) is 4.54. The first-order valence-corrected chi connectivity index (χ1v) is 9.70. The third-order valence-corrected chi connectivity index (χ3v) is 6.10. The molecule has 4 aliphatic heterocycles. The molecule has 4 saturated heterocycles. The van der Waals surface area contributed by atoms with E-state index in [1.807, 2.05) is 4.90 Å². The molecule has 0 N–H and O–H groups in total. The maximum Gasteiger partial charge on any atom is 0.272 e. The number of fused-ring (bicyclic) bond motifs is 3. The van der Waals surface area contributed by atoms with E-state index < -0.39 is 0 Å². The Morgan fingerprint density at radius 3 is 2.44 bits per heavy atom. The van der Waals surface area contributed by atoms with Crippen LogP contribution in [0, 0.1) is 5.92 Å². The molecule has 1 aromatic heterocycles. The van der Waals surface area contributed by atoms with Gasteiger partial charge >= 0.3 is 0 Å². The summed E-state index contributed by atoms with van der Waals surface area (Å²) in [6, 6.07) is 2.44. The van der Waals surface area contributed by atoms with E-state index in [4.69, 9.17) is 0 Å². The van der Waals surface area contributed by atoms with Crippen LogP contribution in [0.5, 0.6) is 0 Å². The van der Waals surface area contributed by atoms with E-state index in [2.05, 4.69) is 33.6 Å². The Hall–Kier alpha value is -1.53. The molecule has 4 fully saturated rings. The predicted octanol–water partition coefficient (Wildman–Crippen LogP) is 1.45. The fourth-order valence-corrected chi connectivity index (χ4v) is 4.54. The zero-order chi connectivity index (χ0) is 17.4. The van der Waals surface area contributed by atoms with Crippen molar-refractivity contribution in [2.24, 2.45) is 5.92 Å². The van der Waals surface area contributed by atoms with E-state index in [0.29, 0.717) is 11.7 Å². The summed E-state index contributed by atoms with van der Waals surface area (Å²) in [4.78, 5) is 28.7. The summed E-state index contributed by atoms with van der Waals surface area (Å²) in [6.07, 6.45) is 4.41. The Balaban J connectivity index is 1.37. The Kier molecular flexibility index (Phi) is 4.73. The summed E-state index contributed by atoms with van der Waals surface area (Å²) in [6.45, 7) is 11.5. The zero-order valence-electron chi connectivity index (χ0n) is 15.4. The van der Waals surface area contributed by atoms with Gasteiger partial charge in [-0.3, -0.25) is 9.69 Å². The van der Waals surface area contributed by atoms with Crippen LogP contribution in [0.2, 0.25) is 0 Å². The molecule has 0 saturated carbocycles. The van der Waals surface area contributed by atoms with E-state index >= 15 is 0 Å². The lowest BCUT2D eigenvalue weighted by Crippen LogP contribution is -2.61. The second kappa shape index (κ2) is 7.00. The quantitative estimate of drug-likeness (QED) is 0.831. The highest BCUT2D eigenvalue weighted by atomic mass is 16.2. The molecule has 1 unspecified atom stereocenters. The number of rotatable bonds is 3. The predicted molar refractivity (Wildman–Crippen MR) is 96.5 cm³/mol. The summed E-state index contributed by atoms with van der Waals surface area (Å²) in [5.41, 5.74) is 0.537. The molecule has 6 heteroatoms. The standard InChI is InChI=1S/C19H29N5O/c1-14(2)18-20-6-3-16(21-18)19(25)24-11-9-23(10-12-24)17-13-22-7-4-15(17)5-8-22/h3,6,14-15,17H,4-5,7-13H2,1-2H3. The summed E-state index contributed by atoms with van der Waals surface area (Å²) < 4.78 is 0. The number of amides is 1. The number of piperazine rings is 1. The molecule has 5 heterocycles. The Morgan fingerprint density at radius 2 is 1.84 bits per heavy atom. The van der Waals surface area contributed by atoms with Crippen molar-refractivity contribution < 1.29 is 4.79 Å². The van der Waals surface area contributed by atoms with Gasteiger partial charge in [0.05, 0.1) is 0 Å². The Bertz CT molecular complexity index is 618. The van der Waals surface area contributed by atoms with Crippen molar-refractivity contribution in [3.05, 3.63) is 23.8 Å². The highest BCUT2D eigenvalue weighted by Gasteiger charge is 2.38. The number of carbonyl (C=O) groups is 1. The van der Waals surface area contributed by atoms with Crippen molar-refractivity contribution in [1.29, 1.82) is 0 Å². The van der Waals surface area contributed by atoms with Gasteiger partial charge in [-0.05, 0) is 37.9 Å². The molecule has 0 spiro atoms. The van der Waals surface area contributed by atoms with Crippen LogP contribution in [0.4, 0.5) is 0 Å². The Morgan fingerprint density at radius 1 is 1.12 bits per heavy atom. The van der Waals surface area contributed by atoms with Gasteiger partial charge < -0.3 is 9.80 Å². The van der Waals surface area contributed by atoms with Crippen LogP contribution in [-0.2, 0) is 0 Å². The maximum absolute atomic E-state index is 12.8. The first kappa shape index (κ1) is 16.9. The van der Waals surface area contributed by atoms with Crippen LogP contribution in [-0.4, -0.2) is 82.4 Å². The molecule has 0 radical (unpaired) electrons. The van der Waals surface area contributed by atoms with E-state index in [1.54, 1.807) is 12.3 Å². The SMILES string of the molecule is CC(C)c1nccc(C(=O)N2CCN(C3CN4CCC3CC4)CC2)n1. The number of aromatic nitrogens is 2. The molecule has 1 atom stereocenters.